The number of hydrogen-bond donors (Lipinski definition) is 2. The third-order valence-corrected chi connectivity index (χ3v) is 4.66. The van der Waals surface area contributed by atoms with Crippen molar-refractivity contribution in [2.75, 3.05) is 13.1 Å². The number of benzene rings is 1. The lowest BCUT2D eigenvalue weighted by molar-refractivity contribution is 0.0896. The number of aromatic nitrogens is 2. The molecular weight excluding hydrogens is 312 g/mol. The predicted molar refractivity (Wildman–Crippen MR) is 99.3 cm³/mol. The monoisotopic (exact) mass is 340 g/mol. The van der Waals surface area contributed by atoms with E-state index in [1.165, 1.54) is 17.5 Å². The van der Waals surface area contributed by atoms with Gasteiger partial charge in [0.2, 0.25) is 0 Å². The number of likely N-dealkylation sites (tertiary alicyclic amines) is 1. The second-order valence-electron chi connectivity index (χ2n) is 7.43. The maximum Gasteiger partial charge on any atom is 0.269 e. The maximum absolute atomic E-state index is 12.2. The van der Waals surface area contributed by atoms with Crippen LogP contribution in [0.25, 0.3) is 0 Å². The molecular formula is C20H28N4O. The molecule has 2 aromatic rings. The Kier molecular flexibility index (Phi) is 5.87. The van der Waals surface area contributed by atoms with E-state index in [1.807, 2.05) is 0 Å². The molecule has 5 nitrogen and oxygen atoms in total. The van der Waals surface area contributed by atoms with Crippen molar-refractivity contribution in [1.82, 2.24) is 20.2 Å². The molecule has 0 radical (unpaired) electrons. The molecule has 1 fully saturated rings. The summed E-state index contributed by atoms with van der Waals surface area (Å²) in [6.45, 7) is 7.43. The van der Waals surface area contributed by atoms with Gasteiger partial charge in [0.05, 0.1) is 12.5 Å². The first-order valence-electron chi connectivity index (χ1n) is 9.19. The van der Waals surface area contributed by atoms with Crippen LogP contribution in [0.4, 0.5) is 0 Å². The van der Waals surface area contributed by atoms with Crippen molar-refractivity contribution in [1.29, 1.82) is 0 Å². The highest BCUT2D eigenvalue weighted by Gasteiger charge is 2.22. The average molecular weight is 340 g/mol. The Hall–Kier alpha value is -2.14. The lowest BCUT2D eigenvalue weighted by atomic mass is 10.0. The van der Waals surface area contributed by atoms with Gasteiger partial charge in [0.15, 0.2) is 0 Å². The molecule has 1 unspecified atom stereocenters. The average Bonchev–Trinajstić information content (AvgIpc) is 3.11. The van der Waals surface area contributed by atoms with E-state index >= 15 is 0 Å². The summed E-state index contributed by atoms with van der Waals surface area (Å²) in [6.07, 6.45) is 6.37. The number of amides is 1. The van der Waals surface area contributed by atoms with Crippen LogP contribution in [0.1, 0.15) is 48.3 Å². The van der Waals surface area contributed by atoms with Crippen LogP contribution in [0.3, 0.4) is 0 Å². The van der Waals surface area contributed by atoms with Gasteiger partial charge in [0, 0.05) is 19.1 Å². The van der Waals surface area contributed by atoms with E-state index in [0.717, 1.165) is 38.9 Å². The number of carbonyl (C=O) groups excluding carboxylic acids is 1. The zero-order chi connectivity index (χ0) is 17.6. The van der Waals surface area contributed by atoms with Gasteiger partial charge in [-0.15, -0.1) is 0 Å². The summed E-state index contributed by atoms with van der Waals surface area (Å²) >= 11 is 0. The Labute approximate surface area is 149 Å². The highest BCUT2D eigenvalue weighted by molar-refractivity contribution is 5.92. The molecule has 1 amide bonds. The third kappa shape index (κ3) is 5.16. The van der Waals surface area contributed by atoms with Crippen molar-refractivity contribution in [3.05, 3.63) is 53.6 Å². The van der Waals surface area contributed by atoms with E-state index in [4.69, 9.17) is 0 Å². The molecule has 1 atom stereocenters. The van der Waals surface area contributed by atoms with E-state index in [1.54, 1.807) is 6.20 Å². The van der Waals surface area contributed by atoms with E-state index in [9.17, 15) is 4.79 Å². The summed E-state index contributed by atoms with van der Waals surface area (Å²) in [7, 11) is 0. The van der Waals surface area contributed by atoms with Gasteiger partial charge in [-0.25, -0.2) is 4.98 Å². The molecule has 1 aromatic heterocycles. The second kappa shape index (κ2) is 8.30. The van der Waals surface area contributed by atoms with Gasteiger partial charge in [0.25, 0.3) is 5.91 Å². The SMILES string of the molecule is CC(C)Cc1ccc(CN2CCCC(NC(=O)c3cnc[nH]3)C2)cc1. The van der Waals surface area contributed by atoms with Crippen molar-refractivity contribution in [2.45, 2.75) is 45.7 Å². The van der Waals surface area contributed by atoms with Gasteiger partial charge in [-0.05, 0) is 42.9 Å². The van der Waals surface area contributed by atoms with Crippen molar-refractivity contribution in [3.8, 4) is 0 Å². The summed E-state index contributed by atoms with van der Waals surface area (Å²) in [5.74, 6) is 0.620. The first-order chi connectivity index (χ1) is 12.1. The Morgan fingerprint density at radius 1 is 1.32 bits per heavy atom. The molecule has 1 aliphatic rings. The summed E-state index contributed by atoms with van der Waals surface area (Å²) in [5, 5.41) is 3.12. The quantitative estimate of drug-likeness (QED) is 0.850. The van der Waals surface area contributed by atoms with Gasteiger partial charge in [-0.2, -0.15) is 0 Å². The Bertz CT molecular complexity index is 664. The fourth-order valence-electron chi connectivity index (χ4n) is 3.47. The van der Waals surface area contributed by atoms with Crippen molar-refractivity contribution in [2.24, 2.45) is 5.92 Å². The van der Waals surface area contributed by atoms with Crippen LogP contribution in [-0.4, -0.2) is 39.9 Å². The minimum atomic E-state index is -0.0672. The largest absolute Gasteiger partial charge is 0.347 e. The molecule has 0 aliphatic carbocycles. The van der Waals surface area contributed by atoms with Gasteiger partial charge < -0.3 is 10.3 Å². The number of nitrogens with one attached hydrogen (secondary N) is 2. The minimum Gasteiger partial charge on any atom is -0.347 e. The molecule has 2 N–H and O–H groups in total. The summed E-state index contributed by atoms with van der Waals surface area (Å²) in [6, 6.07) is 9.17. The maximum atomic E-state index is 12.2. The van der Waals surface area contributed by atoms with E-state index in [-0.39, 0.29) is 11.9 Å². The third-order valence-electron chi connectivity index (χ3n) is 4.66. The van der Waals surface area contributed by atoms with E-state index < -0.39 is 0 Å². The number of imidazole rings is 1. The topological polar surface area (TPSA) is 61.0 Å². The predicted octanol–water partition coefficient (Wildman–Crippen LogP) is 3.00. The lowest BCUT2D eigenvalue weighted by Crippen LogP contribution is -2.47. The highest BCUT2D eigenvalue weighted by Crippen LogP contribution is 2.16. The number of nitrogens with zero attached hydrogens (tertiary/aromatic N) is 2. The number of carbonyl (C=O) groups is 1. The number of rotatable bonds is 6. The van der Waals surface area contributed by atoms with Crippen LogP contribution >= 0.6 is 0 Å². The molecule has 0 spiro atoms. The van der Waals surface area contributed by atoms with E-state index in [0.29, 0.717) is 11.6 Å². The second-order valence-corrected chi connectivity index (χ2v) is 7.43. The molecule has 134 valence electrons. The minimum absolute atomic E-state index is 0.0672. The van der Waals surface area contributed by atoms with Crippen LogP contribution in [0, 0.1) is 5.92 Å². The molecule has 0 saturated carbocycles. The van der Waals surface area contributed by atoms with E-state index in [2.05, 4.69) is 58.3 Å². The zero-order valence-electron chi connectivity index (χ0n) is 15.2. The summed E-state index contributed by atoms with van der Waals surface area (Å²) in [5.41, 5.74) is 3.27. The van der Waals surface area contributed by atoms with Gasteiger partial charge in [-0.1, -0.05) is 38.1 Å². The van der Waals surface area contributed by atoms with Crippen LogP contribution in [0.15, 0.2) is 36.8 Å². The fourth-order valence-corrected chi connectivity index (χ4v) is 3.47. The van der Waals surface area contributed by atoms with Crippen molar-refractivity contribution >= 4 is 5.91 Å². The van der Waals surface area contributed by atoms with Crippen LogP contribution in [0.5, 0.6) is 0 Å². The van der Waals surface area contributed by atoms with Crippen LogP contribution in [-0.2, 0) is 13.0 Å². The molecule has 1 aromatic carbocycles. The fraction of sp³-hybridized carbons (Fsp3) is 0.500. The molecule has 1 aliphatic heterocycles. The Morgan fingerprint density at radius 2 is 2.08 bits per heavy atom. The number of aromatic amines is 1. The Balaban J connectivity index is 1.52. The van der Waals surface area contributed by atoms with Gasteiger partial charge >= 0.3 is 0 Å². The first kappa shape index (κ1) is 17.7. The normalized spacial score (nSPS) is 18.4. The van der Waals surface area contributed by atoms with Crippen molar-refractivity contribution < 1.29 is 4.79 Å². The molecule has 2 heterocycles. The number of piperidine rings is 1. The molecule has 0 bridgehead atoms. The van der Waals surface area contributed by atoms with Gasteiger partial charge in [-0.3, -0.25) is 9.69 Å². The summed E-state index contributed by atoms with van der Waals surface area (Å²) < 4.78 is 0. The molecule has 3 rings (SSSR count). The highest BCUT2D eigenvalue weighted by atomic mass is 16.2. The van der Waals surface area contributed by atoms with Crippen LogP contribution < -0.4 is 5.32 Å². The standard InChI is InChI=1S/C20H28N4O/c1-15(2)10-16-5-7-17(8-6-16)12-24-9-3-4-18(13-24)23-20(25)19-11-21-14-22-19/h5-8,11,14-15,18H,3-4,9-10,12-13H2,1-2H3,(H,21,22)(H,23,25). The summed E-state index contributed by atoms with van der Waals surface area (Å²) in [4.78, 5) is 21.4. The lowest BCUT2D eigenvalue weighted by Gasteiger charge is -2.33. The zero-order valence-corrected chi connectivity index (χ0v) is 15.2. The van der Waals surface area contributed by atoms with Crippen molar-refractivity contribution in [3.63, 3.8) is 0 Å². The number of H-pyrrole nitrogens is 1. The molecule has 5 heteroatoms. The first-order valence-corrected chi connectivity index (χ1v) is 9.19. The molecule has 1 saturated heterocycles. The van der Waals surface area contributed by atoms with Crippen LogP contribution in [0.2, 0.25) is 0 Å². The molecule has 25 heavy (non-hydrogen) atoms. The van der Waals surface area contributed by atoms with Gasteiger partial charge in [0.1, 0.15) is 5.69 Å². The number of hydrogen-bond acceptors (Lipinski definition) is 3. The Morgan fingerprint density at radius 3 is 2.76 bits per heavy atom. The smallest absolute Gasteiger partial charge is 0.269 e.